The van der Waals surface area contributed by atoms with Gasteiger partial charge in [0.2, 0.25) is 0 Å². The highest BCUT2D eigenvalue weighted by molar-refractivity contribution is 14.1. The van der Waals surface area contributed by atoms with E-state index < -0.39 is 0 Å². The minimum Gasteiger partial charge on any atom is -0.143 e. The van der Waals surface area contributed by atoms with Crippen LogP contribution in [-0.2, 0) is 0 Å². The molecule has 0 radical (unpaired) electrons. The number of halogens is 1. The van der Waals surface area contributed by atoms with Crippen molar-refractivity contribution >= 4 is 35.2 Å². The van der Waals surface area contributed by atoms with Gasteiger partial charge in [0.05, 0.1) is 0 Å². The van der Waals surface area contributed by atoms with Gasteiger partial charge in [0.1, 0.15) is 0 Å². The molecule has 1 atom stereocenters. The van der Waals surface area contributed by atoms with E-state index in [1.807, 2.05) is 12.1 Å². The Labute approximate surface area is 86.9 Å². The molecule has 0 aliphatic heterocycles. The number of alkyl halides is 1. The minimum absolute atomic E-state index is 0.657. The topological polar surface area (TPSA) is 0 Å². The molecule has 1 rings (SSSR count). The van der Waals surface area contributed by atoms with Crippen LogP contribution in [0, 0.1) is 0 Å². The fourth-order valence-electron chi connectivity index (χ4n) is 0.892. The second-order valence-corrected chi connectivity index (χ2v) is 4.04. The first-order chi connectivity index (χ1) is 5.24. The molecule has 1 aromatic rings. The lowest BCUT2D eigenvalue weighted by molar-refractivity contribution is 0.893. The van der Waals surface area contributed by atoms with Crippen LogP contribution < -0.4 is 0 Å². The van der Waals surface area contributed by atoms with Crippen molar-refractivity contribution in [3.05, 3.63) is 29.8 Å². The molecule has 0 saturated heterocycles. The normalized spacial score (nSPS) is 13.0. The lowest BCUT2D eigenvalue weighted by atomic mass is 10.0. The number of benzene rings is 1. The predicted octanol–water partition coefficient (Wildman–Crippen LogP) is 3.51. The van der Waals surface area contributed by atoms with Crippen LogP contribution in [0.25, 0.3) is 0 Å². The Morgan fingerprint density at radius 1 is 1.36 bits per heavy atom. The van der Waals surface area contributed by atoms with Gasteiger partial charge in [-0.3, -0.25) is 0 Å². The maximum Gasteiger partial charge on any atom is 0.00616 e. The van der Waals surface area contributed by atoms with Gasteiger partial charge in [-0.1, -0.05) is 41.6 Å². The van der Waals surface area contributed by atoms with Gasteiger partial charge < -0.3 is 0 Å². The third-order valence-corrected chi connectivity index (χ3v) is 3.31. The van der Waals surface area contributed by atoms with Crippen LogP contribution in [0.1, 0.15) is 18.4 Å². The zero-order valence-corrected chi connectivity index (χ0v) is 9.47. The second kappa shape index (κ2) is 4.36. The molecule has 1 unspecified atom stereocenters. The highest BCUT2D eigenvalue weighted by atomic mass is 127. The Morgan fingerprint density at radius 3 is 2.36 bits per heavy atom. The van der Waals surface area contributed by atoms with Crippen LogP contribution in [0.5, 0.6) is 0 Å². The monoisotopic (exact) mass is 278 g/mol. The summed E-state index contributed by atoms with van der Waals surface area (Å²) in [6.45, 7) is 2.24. The van der Waals surface area contributed by atoms with Crippen molar-refractivity contribution in [1.29, 1.82) is 0 Å². The van der Waals surface area contributed by atoms with E-state index in [4.69, 9.17) is 0 Å². The first-order valence-electron chi connectivity index (χ1n) is 3.59. The van der Waals surface area contributed by atoms with Crippen molar-refractivity contribution in [1.82, 2.24) is 0 Å². The van der Waals surface area contributed by atoms with Gasteiger partial charge >= 0.3 is 0 Å². The maximum atomic E-state index is 4.23. The fourth-order valence-corrected chi connectivity index (χ4v) is 1.55. The smallest absolute Gasteiger partial charge is 0.00616 e. The van der Waals surface area contributed by atoms with Crippen molar-refractivity contribution < 1.29 is 0 Å². The van der Waals surface area contributed by atoms with Crippen LogP contribution in [0.3, 0.4) is 0 Å². The summed E-state index contributed by atoms with van der Waals surface area (Å²) in [5.74, 6) is 0.657. The Kier molecular flexibility index (Phi) is 3.72. The Balaban J connectivity index is 2.81. The summed E-state index contributed by atoms with van der Waals surface area (Å²) < 4.78 is 1.17. The van der Waals surface area contributed by atoms with E-state index in [1.54, 1.807) is 0 Å². The van der Waals surface area contributed by atoms with E-state index in [0.717, 1.165) is 4.90 Å². The second-order valence-electron chi connectivity index (χ2n) is 2.65. The van der Waals surface area contributed by atoms with Gasteiger partial charge in [-0.15, -0.1) is 12.6 Å². The number of rotatable bonds is 2. The van der Waals surface area contributed by atoms with E-state index in [0.29, 0.717) is 5.92 Å². The molecule has 11 heavy (non-hydrogen) atoms. The quantitative estimate of drug-likeness (QED) is 0.477. The average molecular weight is 278 g/mol. The standard InChI is InChI=1S/C9H11IS/c1-7(6-10)8-2-4-9(11)5-3-8/h2-5,7,11H,6H2,1H3. The van der Waals surface area contributed by atoms with Crippen LogP contribution in [0.2, 0.25) is 0 Å². The zero-order chi connectivity index (χ0) is 8.27. The van der Waals surface area contributed by atoms with Crippen LogP contribution >= 0.6 is 35.2 Å². The van der Waals surface area contributed by atoms with Gasteiger partial charge in [-0.05, 0) is 23.6 Å². The molecule has 0 aromatic heterocycles. The van der Waals surface area contributed by atoms with Gasteiger partial charge in [0.25, 0.3) is 0 Å². The third kappa shape index (κ3) is 2.67. The molecule has 1 aromatic carbocycles. The Morgan fingerprint density at radius 2 is 1.91 bits per heavy atom. The highest BCUT2D eigenvalue weighted by Crippen LogP contribution is 2.18. The van der Waals surface area contributed by atoms with Crippen molar-refractivity contribution in [2.24, 2.45) is 0 Å². The highest BCUT2D eigenvalue weighted by Gasteiger charge is 2.01. The van der Waals surface area contributed by atoms with Crippen LogP contribution in [-0.4, -0.2) is 4.43 Å². The molecule has 0 amide bonds. The summed E-state index contributed by atoms with van der Waals surface area (Å²) >= 11 is 6.63. The van der Waals surface area contributed by atoms with Gasteiger partial charge in [-0.2, -0.15) is 0 Å². The zero-order valence-electron chi connectivity index (χ0n) is 6.42. The SMILES string of the molecule is CC(CI)c1ccc(S)cc1. The minimum atomic E-state index is 0.657. The van der Waals surface area contributed by atoms with Gasteiger partial charge in [0, 0.05) is 9.32 Å². The summed E-state index contributed by atoms with van der Waals surface area (Å²) in [6.07, 6.45) is 0. The van der Waals surface area contributed by atoms with E-state index in [1.165, 1.54) is 9.99 Å². The fraction of sp³-hybridized carbons (Fsp3) is 0.333. The van der Waals surface area contributed by atoms with E-state index >= 15 is 0 Å². The molecule has 2 heteroatoms. The van der Waals surface area contributed by atoms with Crippen molar-refractivity contribution in [2.45, 2.75) is 17.7 Å². The molecule has 0 aliphatic rings. The average Bonchev–Trinajstić information content (AvgIpc) is 2.05. The van der Waals surface area contributed by atoms with Crippen molar-refractivity contribution in [3.8, 4) is 0 Å². The van der Waals surface area contributed by atoms with E-state index in [-0.39, 0.29) is 0 Å². The first-order valence-corrected chi connectivity index (χ1v) is 5.56. The van der Waals surface area contributed by atoms with Gasteiger partial charge in [-0.25, -0.2) is 0 Å². The Bertz CT molecular complexity index is 218. The summed E-state index contributed by atoms with van der Waals surface area (Å²) in [4.78, 5) is 1.04. The molecule has 0 fully saturated rings. The lowest BCUT2D eigenvalue weighted by Gasteiger charge is -2.06. The lowest BCUT2D eigenvalue weighted by Crippen LogP contribution is -1.92. The summed E-state index contributed by atoms with van der Waals surface area (Å²) in [7, 11) is 0. The maximum absolute atomic E-state index is 4.23. The summed E-state index contributed by atoms with van der Waals surface area (Å²) in [5, 5.41) is 0. The summed E-state index contributed by atoms with van der Waals surface area (Å²) in [5.41, 5.74) is 1.40. The largest absolute Gasteiger partial charge is 0.143 e. The van der Waals surface area contributed by atoms with Crippen LogP contribution in [0.15, 0.2) is 29.2 Å². The van der Waals surface area contributed by atoms with E-state index in [2.05, 4.69) is 54.3 Å². The molecule has 0 nitrogen and oxygen atoms in total. The molecular formula is C9H11IS. The Hall–Kier alpha value is 0.300. The predicted molar refractivity (Wildman–Crippen MR) is 61.0 cm³/mol. The molecule has 60 valence electrons. The van der Waals surface area contributed by atoms with Gasteiger partial charge in [0.15, 0.2) is 0 Å². The number of hydrogen-bond acceptors (Lipinski definition) is 1. The molecule has 0 bridgehead atoms. The van der Waals surface area contributed by atoms with Crippen LogP contribution in [0.4, 0.5) is 0 Å². The molecule has 0 N–H and O–H groups in total. The van der Waals surface area contributed by atoms with E-state index in [9.17, 15) is 0 Å². The molecular weight excluding hydrogens is 267 g/mol. The molecule has 0 aliphatic carbocycles. The van der Waals surface area contributed by atoms with Crippen molar-refractivity contribution in [2.75, 3.05) is 4.43 Å². The third-order valence-electron chi connectivity index (χ3n) is 1.69. The molecule has 0 heterocycles. The number of thiol groups is 1. The number of hydrogen-bond donors (Lipinski definition) is 1. The first kappa shape index (κ1) is 9.39. The van der Waals surface area contributed by atoms with Crippen molar-refractivity contribution in [3.63, 3.8) is 0 Å². The summed E-state index contributed by atoms with van der Waals surface area (Å²) in [6, 6.07) is 8.37. The molecule has 0 spiro atoms. The molecule has 0 saturated carbocycles.